The number of hydrogen-bond acceptors (Lipinski definition) is 7. The van der Waals surface area contributed by atoms with Gasteiger partial charge in [-0.3, -0.25) is 14.7 Å². The molecule has 26 heavy (non-hydrogen) atoms. The minimum absolute atomic E-state index is 0.0459. The smallest absolute Gasteiger partial charge is 0.274 e. The molecule has 2 aliphatic heterocycles. The predicted molar refractivity (Wildman–Crippen MR) is 97.1 cm³/mol. The second-order valence-electron chi connectivity index (χ2n) is 6.43. The number of carbonyl (C=O) groups excluding carboxylic acids is 1. The molecule has 0 radical (unpaired) electrons. The van der Waals surface area contributed by atoms with Crippen molar-refractivity contribution in [3.8, 4) is 0 Å². The predicted octanol–water partition coefficient (Wildman–Crippen LogP) is 1.45. The molecule has 2 atom stereocenters. The van der Waals surface area contributed by atoms with E-state index in [1.165, 1.54) is 11.3 Å². The molecule has 2 aromatic heterocycles. The van der Waals surface area contributed by atoms with E-state index in [2.05, 4.69) is 14.9 Å². The summed E-state index contributed by atoms with van der Waals surface area (Å²) in [5.41, 5.74) is 3.18. The monoisotopic (exact) mass is 374 g/mol. The zero-order valence-corrected chi connectivity index (χ0v) is 15.3. The summed E-state index contributed by atoms with van der Waals surface area (Å²) >= 11 is 1.43. The van der Waals surface area contributed by atoms with Crippen LogP contribution in [-0.4, -0.2) is 77.8 Å². The minimum atomic E-state index is -0.172. The van der Waals surface area contributed by atoms with E-state index in [-0.39, 0.29) is 18.1 Å². The molecule has 2 aliphatic rings. The highest BCUT2D eigenvalue weighted by molar-refractivity contribution is 7.07. The fraction of sp³-hybridized carbons (Fsp3) is 0.500. The number of nitrogens with zero attached hydrogens (tertiary/aromatic N) is 4. The highest BCUT2D eigenvalue weighted by Crippen LogP contribution is 2.31. The average Bonchev–Trinajstić information content (AvgIpc) is 3.23. The van der Waals surface area contributed by atoms with E-state index in [4.69, 9.17) is 9.47 Å². The van der Waals surface area contributed by atoms with Crippen LogP contribution in [-0.2, 0) is 9.47 Å². The van der Waals surface area contributed by atoms with E-state index < -0.39 is 0 Å². The molecule has 0 unspecified atom stereocenters. The van der Waals surface area contributed by atoms with Crippen LogP contribution in [0.5, 0.6) is 0 Å². The van der Waals surface area contributed by atoms with Gasteiger partial charge in [0.15, 0.2) is 0 Å². The van der Waals surface area contributed by atoms with Gasteiger partial charge in [0.1, 0.15) is 5.69 Å². The van der Waals surface area contributed by atoms with Crippen LogP contribution in [0.3, 0.4) is 0 Å². The van der Waals surface area contributed by atoms with Crippen molar-refractivity contribution in [1.82, 2.24) is 19.8 Å². The van der Waals surface area contributed by atoms with Gasteiger partial charge >= 0.3 is 0 Å². The van der Waals surface area contributed by atoms with Crippen LogP contribution < -0.4 is 0 Å². The van der Waals surface area contributed by atoms with E-state index in [1.807, 2.05) is 23.2 Å². The lowest BCUT2D eigenvalue weighted by Gasteiger charge is -2.43. The molecule has 2 aromatic rings. The molecule has 1 amide bonds. The summed E-state index contributed by atoms with van der Waals surface area (Å²) in [5.74, 6) is -0.0459. The Morgan fingerprint density at radius 1 is 1.27 bits per heavy atom. The normalized spacial score (nSPS) is 24.5. The van der Waals surface area contributed by atoms with Crippen molar-refractivity contribution in [2.75, 3.05) is 46.0 Å². The molecule has 2 fully saturated rings. The van der Waals surface area contributed by atoms with Crippen LogP contribution in [0, 0.1) is 0 Å². The highest BCUT2D eigenvalue weighted by atomic mass is 32.1. The first kappa shape index (κ1) is 17.5. The number of morpholine rings is 2. The first-order chi connectivity index (χ1) is 12.8. The van der Waals surface area contributed by atoms with Crippen LogP contribution in [0.4, 0.5) is 0 Å². The summed E-state index contributed by atoms with van der Waals surface area (Å²) < 4.78 is 11.6. The number of thiazole rings is 1. The summed E-state index contributed by atoms with van der Waals surface area (Å²) in [6, 6.07) is 3.75. The van der Waals surface area contributed by atoms with Gasteiger partial charge in [-0.1, -0.05) is 6.07 Å². The molecule has 0 spiro atoms. The van der Waals surface area contributed by atoms with E-state index in [1.54, 1.807) is 17.1 Å². The van der Waals surface area contributed by atoms with Crippen molar-refractivity contribution < 1.29 is 14.3 Å². The lowest BCUT2D eigenvalue weighted by atomic mass is 9.98. The van der Waals surface area contributed by atoms with Gasteiger partial charge in [0.05, 0.1) is 37.5 Å². The third-order valence-corrected chi connectivity index (χ3v) is 5.42. The Bertz CT molecular complexity index is 706. The fourth-order valence-corrected chi connectivity index (χ4v) is 4.09. The molecule has 0 aliphatic carbocycles. The van der Waals surface area contributed by atoms with Gasteiger partial charge in [0, 0.05) is 44.0 Å². The van der Waals surface area contributed by atoms with Gasteiger partial charge in [-0.15, -0.1) is 11.3 Å². The number of rotatable bonds is 4. The van der Waals surface area contributed by atoms with Crippen molar-refractivity contribution >= 4 is 17.2 Å². The van der Waals surface area contributed by atoms with Crippen molar-refractivity contribution in [2.24, 2.45) is 0 Å². The molecular formula is C18H22N4O3S. The molecule has 7 nitrogen and oxygen atoms in total. The zero-order valence-electron chi connectivity index (χ0n) is 14.5. The molecule has 0 aromatic carbocycles. The first-order valence-electron chi connectivity index (χ1n) is 8.84. The summed E-state index contributed by atoms with van der Waals surface area (Å²) in [5, 5.41) is 1.80. The van der Waals surface area contributed by atoms with E-state index in [9.17, 15) is 4.79 Å². The second kappa shape index (κ2) is 8.22. The summed E-state index contributed by atoms with van der Waals surface area (Å²) in [6.45, 7) is 5.11. The second-order valence-corrected chi connectivity index (χ2v) is 7.14. The average molecular weight is 374 g/mol. The molecule has 0 N–H and O–H groups in total. The number of aromatic nitrogens is 2. The highest BCUT2D eigenvalue weighted by Gasteiger charge is 2.38. The molecule has 2 saturated heterocycles. The molecule has 4 rings (SSSR count). The van der Waals surface area contributed by atoms with E-state index in [0.717, 1.165) is 38.4 Å². The van der Waals surface area contributed by atoms with Crippen LogP contribution in [0.1, 0.15) is 22.1 Å². The zero-order chi connectivity index (χ0) is 17.8. The maximum absolute atomic E-state index is 13.0. The third kappa shape index (κ3) is 3.78. The van der Waals surface area contributed by atoms with Crippen molar-refractivity contribution in [3.05, 3.63) is 46.7 Å². The summed E-state index contributed by atoms with van der Waals surface area (Å²) in [4.78, 5) is 25.7. The Morgan fingerprint density at radius 2 is 2.15 bits per heavy atom. The fourth-order valence-electron chi connectivity index (χ4n) is 3.56. The Kier molecular flexibility index (Phi) is 5.54. The van der Waals surface area contributed by atoms with Gasteiger partial charge in [-0.25, -0.2) is 4.98 Å². The molecule has 4 heterocycles. The van der Waals surface area contributed by atoms with Crippen LogP contribution >= 0.6 is 11.3 Å². The molecule has 0 bridgehead atoms. The summed E-state index contributed by atoms with van der Waals surface area (Å²) in [6.07, 6.45) is 3.47. The van der Waals surface area contributed by atoms with Crippen molar-refractivity contribution in [3.63, 3.8) is 0 Å². The minimum Gasteiger partial charge on any atom is -0.379 e. The van der Waals surface area contributed by atoms with E-state index >= 15 is 0 Å². The molecule has 138 valence electrons. The molecular weight excluding hydrogens is 352 g/mol. The third-order valence-electron chi connectivity index (χ3n) is 4.83. The van der Waals surface area contributed by atoms with E-state index in [0.29, 0.717) is 18.8 Å². The van der Waals surface area contributed by atoms with Crippen LogP contribution in [0.25, 0.3) is 0 Å². The number of ether oxygens (including phenoxy) is 2. The van der Waals surface area contributed by atoms with Gasteiger partial charge in [0.25, 0.3) is 5.91 Å². The number of hydrogen-bond donors (Lipinski definition) is 0. The Labute approximate surface area is 156 Å². The van der Waals surface area contributed by atoms with Crippen molar-refractivity contribution in [1.29, 1.82) is 0 Å². The van der Waals surface area contributed by atoms with Gasteiger partial charge < -0.3 is 14.4 Å². The SMILES string of the molecule is O=C(c1cscn1)N1CCO[C@@H](CN2CCOCC2)[C@@H]1c1cccnc1. The Hall–Kier alpha value is -1.87. The lowest BCUT2D eigenvalue weighted by Crippen LogP contribution is -2.53. The van der Waals surface area contributed by atoms with Gasteiger partial charge in [-0.05, 0) is 11.6 Å². The number of amides is 1. The quantitative estimate of drug-likeness (QED) is 0.807. The Morgan fingerprint density at radius 3 is 2.88 bits per heavy atom. The topological polar surface area (TPSA) is 67.8 Å². The maximum atomic E-state index is 13.0. The number of pyridine rings is 1. The Balaban J connectivity index is 1.60. The van der Waals surface area contributed by atoms with Crippen molar-refractivity contribution in [2.45, 2.75) is 12.1 Å². The van der Waals surface area contributed by atoms with Crippen LogP contribution in [0.2, 0.25) is 0 Å². The van der Waals surface area contributed by atoms with Gasteiger partial charge in [-0.2, -0.15) is 0 Å². The maximum Gasteiger partial charge on any atom is 0.274 e. The lowest BCUT2D eigenvalue weighted by molar-refractivity contribution is -0.0820. The van der Waals surface area contributed by atoms with Gasteiger partial charge in [0.2, 0.25) is 0 Å². The largest absolute Gasteiger partial charge is 0.379 e. The first-order valence-corrected chi connectivity index (χ1v) is 9.78. The molecule has 0 saturated carbocycles. The summed E-state index contributed by atoms with van der Waals surface area (Å²) in [7, 11) is 0. The standard InChI is InChI=1S/C18H22N4O3S/c23-18(15-12-26-13-20-15)22-6-9-25-16(11-21-4-7-24-8-5-21)17(22)14-2-1-3-19-10-14/h1-3,10,12-13,16-17H,4-9,11H2/t16-,17-/m0/s1. The van der Waals surface area contributed by atoms with Crippen LogP contribution in [0.15, 0.2) is 35.4 Å². The number of carbonyl (C=O) groups is 1. The molecule has 8 heteroatoms.